The molecule has 0 heterocycles. The summed E-state index contributed by atoms with van der Waals surface area (Å²) in [6.07, 6.45) is 0.744. The van der Waals surface area contributed by atoms with E-state index in [0.717, 1.165) is 17.1 Å². The van der Waals surface area contributed by atoms with Crippen LogP contribution in [0.1, 0.15) is 10.4 Å². The summed E-state index contributed by atoms with van der Waals surface area (Å²) in [5.41, 5.74) is 12.7. The number of fused-ring (bicyclic) bond motifs is 1. The molecule has 2 aromatic rings. The summed E-state index contributed by atoms with van der Waals surface area (Å²) in [7, 11) is 0. The van der Waals surface area contributed by atoms with Gasteiger partial charge in [-0.25, -0.2) is 0 Å². The van der Waals surface area contributed by atoms with E-state index in [1.807, 2.05) is 24.3 Å². The highest BCUT2D eigenvalue weighted by atomic mass is 16.1. The first-order valence-electron chi connectivity index (χ1n) is 4.26. The topological polar surface area (TPSA) is 69.1 Å². The fourth-order valence-corrected chi connectivity index (χ4v) is 1.54. The first-order valence-corrected chi connectivity index (χ1v) is 4.26. The Morgan fingerprint density at radius 1 is 1.14 bits per heavy atom. The number of hydrogen-bond donors (Lipinski definition) is 2. The predicted molar refractivity (Wildman–Crippen MR) is 58.2 cm³/mol. The van der Waals surface area contributed by atoms with Gasteiger partial charge in [-0.1, -0.05) is 24.3 Å². The van der Waals surface area contributed by atoms with Crippen LogP contribution in [0, 0.1) is 0 Å². The summed E-state index contributed by atoms with van der Waals surface area (Å²) in [6.45, 7) is 0. The highest BCUT2D eigenvalue weighted by Gasteiger charge is 2.07. The summed E-state index contributed by atoms with van der Waals surface area (Å²) in [4.78, 5) is 10.9. The zero-order valence-electron chi connectivity index (χ0n) is 7.53. The van der Waals surface area contributed by atoms with Crippen LogP contribution in [0.3, 0.4) is 0 Å². The average Bonchev–Trinajstić information content (AvgIpc) is 2.20. The minimum Gasteiger partial charge on any atom is -0.397 e. The number of hydrogen-bond acceptors (Lipinski definition) is 3. The molecule has 0 aliphatic heterocycles. The molecule has 14 heavy (non-hydrogen) atoms. The molecule has 0 atom stereocenters. The second kappa shape index (κ2) is 3.03. The molecule has 70 valence electrons. The monoisotopic (exact) mass is 186 g/mol. The molecule has 0 radical (unpaired) electrons. The average molecular weight is 186 g/mol. The van der Waals surface area contributed by atoms with E-state index in [1.165, 1.54) is 0 Å². The van der Waals surface area contributed by atoms with Crippen LogP contribution in [0.4, 0.5) is 11.4 Å². The summed E-state index contributed by atoms with van der Waals surface area (Å²) < 4.78 is 0. The van der Waals surface area contributed by atoms with Crippen molar-refractivity contribution in [1.29, 1.82) is 0 Å². The van der Waals surface area contributed by atoms with Gasteiger partial charge in [-0.3, -0.25) is 4.79 Å². The standard InChI is InChI=1S/C11H10N2O/c12-10-5-7-3-1-2-4-8(7)9(6-14)11(10)13/h1-6H,12-13H2. The maximum absolute atomic E-state index is 10.9. The van der Waals surface area contributed by atoms with Gasteiger partial charge in [-0.15, -0.1) is 0 Å². The van der Waals surface area contributed by atoms with Crippen molar-refractivity contribution < 1.29 is 4.79 Å². The van der Waals surface area contributed by atoms with Crippen LogP contribution in [0.5, 0.6) is 0 Å². The van der Waals surface area contributed by atoms with Gasteiger partial charge in [0.05, 0.1) is 11.4 Å². The summed E-state index contributed by atoms with van der Waals surface area (Å²) >= 11 is 0. The maximum atomic E-state index is 10.9. The zero-order chi connectivity index (χ0) is 10.1. The fourth-order valence-electron chi connectivity index (χ4n) is 1.54. The number of nitrogens with two attached hydrogens (primary N) is 2. The number of carbonyl (C=O) groups excluding carboxylic acids is 1. The Morgan fingerprint density at radius 3 is 2.57 bits per heavy atom. The van der Waals surface area contributed by atoms with Crippen molar-refractivity contribution in [1.82, 2.24) is 0 Å². The van der Waals surface area contributed by atoms with Gasteiger partial charge >= 0.3 is 0 Å². The van der Waals surface area contributed by atoms with Gasteiger partial charge in [0, 0.05) is 5.56 Å². The van der Waals surface area contributed by atoms with E-state index in [-0.39, 0.29) is 0 Å². The van der Waals surface area contributed by atoms with E-state index in [2.05, 4.69) is 0 Å². The number of carbonyl (C=O) groups is 1. The normalized spacial score (nSPS) is 10.3. The Labute approximate surface area is 81.3 Å². The van der Waals surface area contributed by atoms with Crippen LogP contribution in [0.25, 0.3) is 10.8 Å². The first-order chi connectivity index (χ1) is 6.74. The molecule has 0 aromatic heterocycles. The molecule has 0 spiro atoms. The van der Waals surface area contributed by atoms with E-state index in [1.54, 1.807) is 6.07 Å². The van der Waals surface area contributed by atoms with E-state index in [4.69, 9.17) is 11.5 Å². The number of aldehydes is 1. The molecule has 2 rings (SSSR count). The molecule has 0 unspecified atom stereocenters. The van der Waals surface area contributed by atoms with Crippen LogP contribution in [0.2, 0.25) is 0 Å². The zero-order valence-corrected chi connectivity index (χ0v) is 7.53. The SMILES string of the molecule is Nc1cc2ccccc2c(C=O)c1N. The van der Waals surface area contributed by atoms with Gasteiger partial charge in [0.1, 0.15) is 0 Å². The molecular weight excluding hydrogens is 176 g/mol. The lowest BCUT2D eigenvalue weighted by atomic mass is 10.0. The largest absolute Gasteiger partial charge is 0.397 e. The Hall–Kier alpha value is -2.03. The summed E-state index contributed by atoms with van der Waals surface area (Å²) in [6, 6.07) is 9.29. The number of anilines is 2. The van der Waals surface area contributed by atoms with Gasteiger partial charge in [-0.05, 0) is 16.8 Å². The second-order valence-corrected chi connectivity index (χ2v) is 3.13. The van der Waals surface area contributed by atoms with Gasteiger partial charge in [-0.2, -0.15) is 0 Å². The van der Waals surface area contributed by atoms with Gasteiger partial charge in [0.25, 0.3) is 0 Å². The molecule has 0 saturated heterocycles. The highest BCUT2D eigenvalue weighted by molar-refractivity contribution is 6.06. The summed E-state index contributed by atoms with van der Waals surface area (Å²) in [5.74, 6) is 0. The summed E-state index contributed by atoms with van der Waals surface area (Å²) in [5, 5.41) is 1.77. The minimum absolute atomic E-state index is 0.360. The van der Waals surface area contributed by atoms with Crippen molar-refractivity contribution in [2.24, 2.45) is 0 Å². The van der Waals surface area contributed by atoms with Crippen LogP contribution >= 0.6 is 0 Å². The molecule has 0 aliphatic rings. The Kier molecular flexibility index (Phi) is 1.85. The van der Waals surface area contributed by atoms with Gasteiger partial charge < -0.3 is 11.5 Å². The van der Waals surface area contributed by atoms with Crippen molar-refractivity contribution in [3.63, 3.8) is 0 Å². The van der Waals surface area contributed by atoms with E-state index in [0.29, 0.717) is 16.9 Å². The Bertz CT molecular complexity index is 506. The molecule has 0 bridgehead atoms. The van der Waals surface area contributed by atoms with Gasteiger partial charge in [0.15, 0.2) is 6.29 Å². The van der Waals surface area contributed by atoms with Crippen molar-refractivity contribution in [2.45, 2.75) is 0 Å². The van der Waals surface area contributed by atoms with Crippen molar-refractivity contribution in [3.05, 3.63) is 35.9 Å². The van der Waals surface area contributed by atoms with Crippen molar-refractivity contribution in [3.8, 4) is 0 Å². The van der Waals surface area contributed by atoms with E-state index < -0.39 is 0 Å². The lowest BCUT2D eigenvalue weighted by molar-refractivity contribution is 0.112. The van der Waals surface area contributed by atoms with Gasteiger partial charge in [0.2, 0.25) is 0 Å². The lowest BCUT2D eigenvalue weighted by Crippen LogP contribution is -2.00. The molecule has 0 amide bonds. The number of benzene rings is 2. The molecular formula is C11H10N2O. The molecule has 3 heteroatoms. The molecule has 0 saturated carbocycles. The molecule has 0 aliphatic carbocycles. The van der Waals surface area contributed by atoms with E-state index in [9.17, 15) is 4.79 Å². The van der Waals surface area contributed by atoms with Crippen LogP contribution < -0.4 is 11.5 Å². The molecule has 4 N–H and O–H groups in total. The third-order valence-electron chi connectivity index (χ3n) is 2.28. The molecule has 0 fully saturated rings. The third-order valence-corrected chi connectivity index (χ3v) is 2.28. The minimum atomic E-state index is 0.360. The smallest absolute Gasteiger partial charge is 0.152 e. The van der Waals surface area contributed by atoms with Crippen LogP contribution in [0.15, 0.2) is 30.3 Å². The van der Waals surface area contributed by atoms with Crippen LogP contribution in [-0.2, 0) is 0 Å². The van der Waals surface area contributed by atoms with Crippen LogP contribution in [-0.4, -0.2) is 6.29 Å². The quantitative estimate of drug-likeness (QED) is 0.527. The Balaban J connectivity index is 2.96. The lowest BCUT2D eigenvalue weighted by Gasteiger charge is -2.07. The maximum Gasteiger partial charge on any atom is 0.152 e. The number of nitrogen functional groups attached to an aromatic ring is 2. The Morgan fingerprint density at radius 2 is 1.86 bits per heavy atom. The highest BCUT2D eigenvalue weighted by Crippen LogP contribution is 2.28. The fraction of sp³-hybridized carbons (Fsp3) is 0. The van der Waals surface area contributed by atoms with Crippen molar-refractivity contribution in [2.75, 3.05) is 11.5 Å². The molecule has 3 nitrogen and oxygen atoms in total. The third kappa shape index (κ3) is 1.10. The second-order valence-electron chi connectivity index (χ2n) is 3.13. The number of rotatable bonds is 1. The predicted octanol–water partition coefficient (Wildman–Crippen LogP) is 1.82. The van der Waals surface area contributed by atoms with Crippen molar-refractivity contribution >= 4 is 28.4 Å². The van der Waals surface area contributed by atoms with E-state index >= 15 is 0 Å². The first kappa shape index (κ1) is 8.56. The molecule has 2 aromatic carbocycles.